The molecule has 1 amide bonds. The van der Waals surface area contributed by atoms with Gasteiger partial charge in [-0.2, -0.15) is 5.26 Å². The van der Waals surface area contributed by atoms with E-state index in [-0.39, 0.29) is 23.8 Å². The van der Waals surface area contributed by atoms with E-state index >= 15 is 0 Å². The molecule has 0 saturated carbocycles. The quantitative estimate of drug-likeness (QED) is 0.790. The second-order valence-corrected chi connectivity index (χ2v) is 5.34. The topological polar surface area (TPSA) is 61.2 Å². The number of rotatable bonds is 5. The maximum atomic E-state index is 14.1. The average molecular weight is 324 g/mol. The van der Waals surface area contributed by atoms with Gasteiger partial charge in [-0.05, 0) is 32.0 Å². The van der Waals surface area contributed by atoms with Gasteiger partial charge in [-0.1, -0.05) is 24.3 Å². The third kappa shape index (κ3) is 3.66. The molecule has 0 aromatic heterocycles. The molecule has 0 atom stereocenters. The normalized spacial score (nSPS) is 10.1. The Morgan fingerprint density at radius 1 is 1.17 bits per heavy atom. The minimum absolute atomic E-state index is 0.0686. The second-order valence-electron chi connectivity index (χ2n) is 5.34. The van der Waals surface area contributed by atoms with Crippen LogP contribution < -0.4 is 0 Å². The van der Waals surface area contributed by atoms with Crippen molar-refractivity contribution in [2.75, 3.05) is 6.54 Å². The van der Waals surface area contributed by atoms with Crippen LogP contribution in [0.15, 0.2) is 42.5 Å². The van der Waals surface area contributed by atoms with E-state index in [0.717, 1.165) is 6.07 Å². The minimum Gasteiger partial charge on any atom is -0.334 e. The largest absolute Gasteiger partial charge is 0.334 e. The number of halogens is 1. The van der Waals surface area contributed by atoms with Crippen LogP contribution in [-0.4, -0.2) is 23.1 Å². The molecule has 5 heteroatoms. The minimum atomic E-state index is -0.528. The lowest BCUT2D eigenvalue weighted by Gasteiger charge is -2.22. The van der Waals surface area contributed by atoms with E-state index in [4.69, 9.17) is 5.26 Å². The van der Waals surface area contributed by atoms with E-state index in [9.17, 15) is 14.0 Å². The van der Waals surface area contributed by atoms with Crippen LogP contribution in [0.5, 0.6) is 0 Å². The highest BCUT2D eigenvalue weighted by atomic mass is 19.1. The van der Waals surface area contributed by atoms with Crippen LogP contribution in [0.2, 0.25) is 0 Å². The van der Waals surface area contributed by atoms with Crippen LogP contribution in [0.4, 0.5) is 4.39 Å². The lowest BCUT2D eigenvalue weighted by atomic mass is 10.0. The predicted molar refractivity (Wildman–Crippen MR) is 88.0 cm³/mol. The first-order valence-electron chi connectivity index (χ1n) is 7.55. The molecule has 0 saturated heterocycles. The molecule has 0 fully saturated rings. The fraction of sp³-hybridized carbons (Fsp3) is 0.211. The van der Waals surface area contributed by atoms with Crippen molar-refractivity contribution in [1.82, 2.24) is 4.90 Å². The van der Waals surface area contributed by atoms with Crippen molar-refractivity contribution in [3.63, 3.8) is 0 Å². The highest BCUT2D eigenvalue weighted by Gasteiger charge is 2.20. The smallest absolute Gasteiger partial charge is 0.254 e. The predicted octanol–water partition coefficient (Wildman–Crippen LogP) is 3.56. The molecule has 0 aliphatic rings. The van der Waals surface area contributed by atoms with Gasteiger partial charge in [0.25, 0.3) is 5.91 Å². The Kier molecular flexibility index (Phi) is 5.43. The molecule has 0 N–H and O–H groups in total. The standard InChI is InChI=1S/C19H17FN2O2/c1-3-22(12-15-9-8-14(11-21)10-18(15)20)19(24)17-7-5-4-6-16(17)13(2)23/h4-10H,3,12H2,1-2H3. The van der Waals surface area contributed by atoms with Crippen LogP contribution >= 0.6 is 0 Å². The molecular weight excluding hydrogens is 307 g/mol. The summed E-state index contributed by atoms with van der Waals surface area (Å²) in [6.07, 6.45) is 0. The molecule has 0 bridgehead atoms. The van der Waals surface area contributed by atoms with Crippen LogP contribution in [0.3, 0.4) is 0 Å². The summed E-state index contributed by atoms with van der Waals surface area (Å²) in [7, 11) is 0. The molecule has 0 aliphatic carbocycles. The molecule has 0 heterocycles. The van der Waals surface area contributed by atoms with E-state index in [1.807, 2.05) is 6.07 Å². The Hall–Kier alpha value is -3.00. The molecule has 4 nitrogen and oxygen atoms in total. The summed E-state index contributed by atoms with van der Waals surface area (Å²) < 4.78 is 14.1. The van der Waals surface area contributed by atoms with Crippen LogP contribution in [0.25, 0.3) is 0 Å². The highest BCUT2D eigenvalue weighted by Crippen LogP contribution is 2.17. The monoisotopic (exact) mass is 324 g/mol. The highest BCUT2D eigenvalue weighted by molar-refractivity contribution is 6.07. The molecule has 0 spiro atoms. The third-order valence-electron chi connectivity index (χ3n) is 3.75. The molecule has 2 aromatic rings. The first kappa shape index (κ1) is 17.4. The molecule has 0 radical (unpaired) electrons. The Labute approximate surface area is 140 Å². The first-order chi connectivity index (χ1) is 11.5. The van der Waals surface area contributed by atoms with Crippen molar-refractivity contribution in [2.45, 2.75) is 20.4 Å². The van der Waals surface area contributed by atoms with Crippen molar-refractivity contribution in [1.29, 1.82) is 5.26 Å². The van der Waals surface area contributed by atoms with Gasteiger partial charge in [0.05, 0.1) is 17.2 Å². The Bertz CT molecular complexity index is 824. The van der Waals surface area contributed by atoms with Crippen LogP contribution in [-0.2, 0) is 6.54 Å². The van der Waals surface area contributed by atoms with Crippen LogP contribution in [0, 0.1) is 17.1 Å². The summed E-state index contributed by atoms with van der Waals surface area (Å²) >= 11 is 0. The molecule has 122 valence electrons. The summed E-state index contributed by atoms with van der Waals surface area (Å²) in [5, 5.41) is 8.79. The molecule has 24 heavy (non-hydrogen) atoms. The van der Waals surface area contributed by atoms with Crippen LogP contribution in [0.1, 0.15) is 45.7 Å². The molecular formula is C19H17FN2O2. The Morgan fingerprint density at radius 3 is 2.38 bits per heavy atom. The first-order valence-corrected chi connectivity index (χ1v) is 7.55. The number of hydrogen-bond donors (Lipinski definition) is 0. The summed E-state index contributed by atoms with van der Waals surface area (Å²) in [6, 6.07) is 12.6. The van der Waals surface area contributed by atoms with Gasteiger partial charge >= 0.3 is 0 Å². The van der Waals surface area contributed by atoms with Gasteiger partial charge < -0.3 is 4.90 Å². The Balaban J connectivity index is 2.31. The average Bonchev–Trinajstić information content (AvgIpc) is 2.60. The third-order valence-corrected chi connectivity index (χ3v) is 3.75. The van der Waals surface area contributed by atoms with Gasteiger partial charge in [-0.3, -0.25) is 9.59 Å². The van der Waals surface area contributed by atoms with Gasteiger partial charge in [0.2, 0.25) is 0 Å². The van der Waals surface area contributed by atoms with Gasteiger partial charge in [0, 0.05) is 24.2 Å². The second kappa shape index (κ2) is 7.51. The van der Waals surface area contributed by atoms with Gasteiger partial charge in [0.15, 0.2) is 5.78 Å². The summed E-state index contributed by atoms with van der Waals surface area (Å²) in [5.74, 6) is -1.05. The van der Waals surface area contributed by atoms with Crippen molar-refractivity contribution in [3.8, 4) is 6.07 Å². The zero-order valence-corrected chi connectivity index (χ0v) is 13.5. The molecule has 0 unspecified atom stereocenters. The van der Waals surface area contributed by atoms with E-state index in [2.05, 4.69) is 0 Å². The van der Waals surface area contributed by atoms with E-state index in [1.54, 1.807) is 31.2 Å². The number of nitrogens with zero attached hydrogens (tertiary/aromatic N) is 2. The fourth-order valence-electron chi connectivity index (χ4n) is 2.42. The van der Waals surface area contributed by atoms with E-state index in [1.165, 1.54) is 24.0 Å². The van der Waals surface area contributed by atoms with Gasteiger partial charge in [-0.15, -0.1) is 0 Å². The van der Waals surface area contributed by atoms with Gasteiger partial charge in [-0.25, -0.2) is 4.39 Å². The summed E-state index contributed by atoms with van der Waals surface area (Å²) in [6.45, 7) is 3.63. The van der Waals surface area contributed by atoms with Crippen molar-refractivity contribution >= 4 is 11.7 Å². The van der Waals surface area contributed by atoms with Crippen molar-refractivity contribution in [3.05, 3.63) is 70.5 Å². The number of Topliss-reactive ketones (excluding diaryl/α,β-unsaturated/α-hetero) is 1. The number of nitriles is 1. The summed E-state index contributed by atoms with van der Waals surface area (Å²) in [4.78, 5) is 25.9. The number of carbonyl (C=O) groups is 2. The zero-order chi connectivity index (χ0) is 17.7. The zero-order valence-electron chi connectivity index (χ0n) is 13.5. The SMILES string of the molecule is CCN(Cc1ccc(C#N)cc1F)C(=O)c1ccccc1C(C)=O. The molecule has 2 aromatic carbocycles. The lowest BCUT2D eigenvalue weighted by Crippen LogP contribution is -2.31. The lowest BCUT2D eigenvalue weighted by molar-refractivity contribution is 0.0746. The number of amides is 1. The number of benzene rings is 2. The van der Waals surface area contributed by atoms with E-state index < -0.39 is 5.82 Å². The Morgan fingerprint density at radius 2 is 1.83 bits per heavy atom. The van der Waals surface area contributed by atoms with Crippen molar-refractivity contribution < 1.29 is 14.0 Å². The maximum absolute atomic E-state index is 14.1. The maximum Gasteiger partial charge on any atom is 0.254 e. The number of ketones is 1. The van der Waals surface area contributed by atoms with Crippen molar-refractivity contribution in [2.24, 2.45) is 0 Å². The summed E-state index contributed by atoms with van der Waals surface area (Å²) in [5.41, 5.74) is 1.21. The molecule has 0 aliphatic heterocycles. The number of hydrogen-bond acceptors (Lipinski definition) is 3. The van der Waals surface area contributed by atoms with Gasteiger partial charge in [0.1, 0.15) is 5.82 Å². The fourth-order valence-corrected chi connectivity index (χ4v) is 2.42. The number of carbonyl (C=O) groups excluding carboxylic acids is 2. The molecule has 2 rings (SSSR count). The van der Waals surface area contributed by atoms with E-state index in [0.29, 0.717) is 23.2 Å².